The minimum Gasteiger partial charge on any atom is -0.377 e. The summed E-state index contributed by atoms with van der Waals surface area (Å²) in [5.74, 6) is -0.826. The molecule has 0 aromatic heterocycles. The Morgan fingerprint density at radius 2 is 1.84 bits per heavy atom. The Kier molecular flexibility index (Phi) is 6.35. The smallest absolute Gasteiger partial charge is 0.240 e. The van der Waals surface area contributed by atoms with Crippen molar-refractivity contribution in [2.75, 3.05) is 29.9 Å². The number of para-hydroxylation sites is 1. The lowest BCUT2D eigenvalue weighted by Gasteiger charge is -2.16. The third kappa shape index (κ3) is 5.12. The zero-order valence-corrected chi connectivity index (χ0v) is 17.8. The van der Waals surface area contributed by atoms with Gasteiger partial charge < -0.3 is 15.0 Å². The lowest BCUT2D eigenvalue weighted by Crippen LogP contribution is -2.31. The van der Waals surface area contributed by atoms with Crippen molar-refractivity contribution in [3.8, 4) is 0 Å². The van der Waals surface area contributed by atoms with Crippen molar-refractivity contribution in [2.24, 2.45) is 5.92 Å². The van der Waals surface area contributed by atoms with Gasteiger partial charge in [0.1, 0.15) is 0 Å². The first-order valence-corrected chi connectivity index (χ1v) is 11.8. The van der Waals surface area contributed by atoms with Crippen LogP contribution in [0.5, 0.6) is 0 Å². The van der Waals surface area contributed by atoms with Gasteiger partial charge in [0.25, 0.3) is 0 Å². The van der Waals surface area contributed by atoms with E-state index < -0.39 is 15.9 Å². The van der Waals surface area contributed by atoms with E-state index in [1.807, 2.05) is 30.3 Å². The zero-order chi connectivity index (χ0) is 21.8. The molecule has 2 aliphatic rings. The number of nitrogens with zero attached hydrogens (tertiary/aromatic N) is 1. The van der Waals surface area contributed by atoms with Crippen LogP contribution in [0.15, 0.2) is 59.5 Å². The molecule has 9 heteroatoms. The second kappa shape index (κ2) is 9.17. The molecule has 2 saturated heterocycles. The van der Waals surface area contributed by atoms with Crippen molar-refractivity contribution in [1.82, 2.24) is 4.72 Å². The number of hydrogen-bond donors (Lipinski definition) is 2. The maximum absolute atomic E-state index is 12.6. The Bertz CT molecular complexity index is 1030. The van der Waals surface area contributed by atoms with Crippen LogP contribution in [0.2, 0.25) is 0 Å². The summed E-state index contributed by atoms with van der Waals surface area (Å²) in [6.07, 6.45) is 1.84. The lowest BCUT2D eigenvalue weighted by atomic mass is 10.1. The minimum atomic E-state index is -3.65. The third-order valence-electron chi connectivity index (χ3n) is 5.52. The molecule has 2 amide bonds. The molecule has 0 saturated carbocycles. The summed E-state index contributed by atoms with van der Waals surface area (Å²) in [6.45, 7) is 1.22. The zero-order valence-electron chi connectivity index (χ0n) is 17.0. The number of ether oxygens (including phenoxy) is 1. The summed E-state index contributed by atoms with van der Waals surface area (Å²) in [7, 11) is -3.65. The standard InChI is InChI=1S/C22H25N3O5S/c26-21-13-16(15-25(21)18-5-2-1-3-6-18)22(27)24-17-8-10-20(11-9-17)31(28,29)23-14-19-7-4-12-30-19/h1-3,5-6,8-11,16,19,23H,4,7,12-15H2,(H,24,27)/t16-,19-/m0/s1. The molecule has 2 aliphatic heterocycles. The van der Waals surface area contributed by atoms with E-state index in [9.17, 15) is 18.0 Å². The van der Waals surface area contributed by atoms with Crippen LogP contribution in [-0.2, 0) is 24.3 Å². The van der Waals surface area contributed by atoms with Gasteiger partial charge >= 0.3 is 0 Å². The van der Waals surface area contributed by atoms with Gasteiger partial charge in [0.15, 0.2) is 0 Å². The van der Waals surface area contributed by atoms with Crippen molar-refractivity contribution in [3.05, 3.63) is 54.6 Å². The van der Waals surface area contributed by atoms with Crippen molar-refractivity contribution < 1.29 is 22.7 Å². The van der Waals surface area contributed by atoms with E-state index in [1.165, 1.54) is 12.1 Å². The third-order valence-corrected chi connectivity index (χ3v) is 6.96. The molecule has 2 heterocycles. The fourth-order valence-electron chi connectivity index (χ4n) is 3.79. The fourth-order valence-corrected chi connectivity index (χ4v) is 4.86. The van der Waals surface area contributed by atoms with Crippen LogP contribution >= 0.6 is 0 Å². The van der Waals surface area contributed by atoms with Crippen LogP contribution in [0.1, 0.15) is 19.3 Å². The molecule has 0 spiro atoms. The van der Waals surface area contributed by atoms with E-state index >= 15 is 0 Å². The number of hydrogen-bond acceptors (Lipinski definition) is 5. The summed E-state index contributed by atoms with van der Waals surface area (Å²) >= 11 is 0. The van der Waals surface area contributed by atoms with Crippen LogP contribution < -0.4 is 14.9 Å². The van der Waals surface area contributed by atoms with Gasteiger partial charge in [-0.2, -0.15) is 0 Å². The van der Waals surface area contributed by atoms with Crippen molar-refractivity contribution in [1.29, 1.82) is 0 Å². The van der Waals surface area contributed by atoms with E-state index in [0.29, 0.717) is 18.8 Å². The monoisotopic (exact) mass is 443 g/mol. The Hall–Kier alpha value is -2.75. The molecule has 2 fully saturated rings. The average Bonchev–Trinajstić information content (AvgIpc) is 3.43. The number of rotatable bonds is 7. The first-order chi connectivity index (χ1) is 14.9. The molecule has 2 aromatic carbocycles. The van der Waals surface area contributed by atoms with Crippen LogP contribution in [0.3, 0.4) is 0 Å². The maximum Gasteiger partial charge on any atom is 0.240 e. The molecule has 8 nitrogen and oxygen atoms in total. The Morgan fingerprint density at radius 3 is 2.52 bits per heavy atom. The number of anilines is 2. The van der Waals surface area contributed by atoms with Gasteiger partial charge in [0.05, 0.1) is 16.9 Å². The minimum absolute atomic E-state index is 0.0853. The number of carbonyl (C=O) groups is 2. The van der Waals surface area contributed by atoms with E-state index in [2.05, 4.69) is 10.0 Å². The second-order valence-electron chi connectivity index (χ2n) is 7.74. The molecule has 0 unspecified atom stereocenters. The number of nitrogens with one attached hydrogen (secondary N) is 2. The topological polar surface area (TPSA) is 105 Å². The van der Waals surface area contributed by atoms with Gasteiger partial charge in [0, 0.05) is 37.5 Å². The van der Waals surface area contributed by atoms with E-state index in [4.69, 9.17) is 4.74 Å². The first kappa shape index (κ1) is 21.5. The summed E-state index contributed by atoms with van der Waals surface area (Å²) in [5.41, 5.74) is 1.25. The first-order valence-electron chi connectivity index (χ1n) is 10.3. The van der Waals surface area contributed by atoms with Gasteiger partial charge in [-0.3, -0.25) is 9.59 Å². The predicted octanol–water partition coefficient (Wildman–Crippen LogP) is 2.14. The van der Waals surface area contributed by atoms with Crippen molar-refractivity contribution >= 4 is 33.2 Å². The van der Waals surface area contributed by atoms with Crippen LogP contribution in [0.25, 0.3) is 0 Å². The summed E-state index contributed by atoms with van der Waals surface area (Å²) in [4.78, 5) is 26.7. The van der Waals surface area contributed by atoms with E-state index in [0.717, 1.165) is 18.5 Å². The second-order valence-corrected chi connectivity index (χ2v) is 9.51. The molecule has 4 rings (SSSR count). The molecular formula is C22H25N3O5S. The summed E-state index contributed by atoms with van der Waals surface area (Å²) < 4.78 is 32.9. The number of benzene rings is 2. The van der Waals surface area contributed by atoms with Crippen molar-refractivity contribution in [3.63, 3.8) is 0 Å². The molecule has 2 atom stereocenters. The Morgan fingerprint density at radius 1 is 1.10 bits per heavy atom. The highest BCUT2D eigenvalue weighted by molar-refractivity contribution is 7.89. The van der Waals surface area contributed by atoms with Crippen LogP contribution in [0.4, 0.5) is 11.4 Å². The number of amides is 2. The highest BCUT2D eigenvalue weighted by Gasteiger charge is 2.35. The highest BCUT2D eigenvalue weighted by atomic mass is 32.2. The van der Waals surface area contributed by atoms with E-state index in [-0.39, 0.29) is 35.8 Å². The molecule has 2 N–H and O–H groups in total. The summed E-state index contributed by atoms with van der Waals surface area (Å²) in [5, 5.41) is 2.78. The van der Waals surface area contributed by atoms with Crippen LogP contribution in [0, 0.1) is 5.92 Å². The van der Waals surface area contributed by atoms with Gasteiger partial charge in [0.2, 0.25) is 21.8 Å². The van der Waals surface area contributed by atoms with E-state index in [1.54, 1.807) is 17.0 Å². The lowest BCUT2D eigenvalue weighted by molar-refractivity contribution is -0.122. The van der Waals surface area contributed by atoms with Gasteiger partial charge in [-0.25, -0.2) is 13.1 Å². The van der Waals surface area contributed by atoms with Gasteiger partial charge in [-0.05, 0) is 49.2 Å². The van der Waals surface area contributed by atoms with Gasteiger partial charge in [-0.1, -0.05) is 18.2 Å². The van der Waals surface area contributed by atoms with Crippen molar-refractivity contribution in [2.45, 2.75) is 30.3 Å². The quantitative estimate of drug-likeness (QED) is 0.682. The molecule has 0 bridgehead atoms. The normalized spacial score (nSPS) is 21.4. The molecule has 31 heavy (non-hydrogen) atoms. The highest BCUT2D eigenvalue weighted by Crippen LogP contribution is 2.26. The largest absolute Gasteiger partial charge is 0.377 e. The fraction of sp³-hybridized carbons (Fsp3) is 0.364. The van der Waals surface area contributed by atoms with Gasteiger partial charge in [-0.15, -0.1) is 0 Å². The number of carbonyl (C=O) groups excluding carboxylic acids is 2. The molecule has 0 radical (unpaired) electrons. The average molecular weight is 444 g/mol. The predicted molar refractivity (Wildman–Crippen MR) is 116 cm³/mol. The Labute approximate surface area is 181 Å². The Balaban J connectivity index is 1.34. The molecular weight excluding hydrogens is 418 g/mol. The number of sulfonamides is 1. The molecule has 164 valence electrons. The molecule has 0 aliphatic carbocycles. The maximum atomic E-state index is 12.6. The molecule has 2 aromatic rings. The SMILES string of the molecule is O=C(Nc1ccc(S(=O)(=O)NC[C@@H]2CCCO2)cc1)[C@H]1CC(=O)N(c2ccccc2)C1. The van der Waals surface area contributed by atoms with Crippen LogP contribution in [-0.4, -0.2) is 46.0 Å². The summed E-state index contributed by atoms with van der Waals surface area (Å²) in [6, 6.07) is 15.2.